The molecule has 0 aromatic heterocycles. The molecule has 0 saturated heterocycles. The third-order valence-electron chi connectivity index (χ3n) is 2.90. The van der Waals surface area contributed by atoms with Crippen LogP contribution in [0.1, 0.15) is 11.1 Å². The van der Waals surface area contributed by atoms with Gasteiger partial charge in [0.25, 0.3) is 5.69 Å². The molecular formula is C14H12ClFN2O2. The molecule has 104 valence electrons. The number of non-ortho nitro benzene ring substituents is 1. The van der Waals surface area contributed by atoms with Crippen LogP contribution in [0.2, 0.25) is 5.02 Å². The van der Waals surface area contributed by atoms with Crippen LogP contribution in [0.3, 0.4) is 0 Å². The van der Waals surface area contributed by atoms with Crippen molar-refractivity contribution in [3.63, 3.8) is 0 Å². The average Bonchev–Trinajstić information content (AvgIpc) is 2.41. The van der Waals surface area contributed by atoms with Gasteiger partial charge < -0.3 is 5.32 Å². The Morgan fingerprint density at radius 1 is 1.30 bits per heavy atom. The number of nitrogens with one attached hydrogen (secondary N) is 1. The van der Waals surface area contributed by atoms with Gasteiger partial charge in [0.1, 0.15) is 5.82 Å². The third kappa shape index (κ3) is 3.24. The fraction of sp³-hybridized carbons (Fsp3) is 0.143. The summed E-state index contributed by atoms with van der Waals surface area (Å²) >= 11 is 5.61. The topological polar surface area (TPSA) is 55.2 Å². The van der Waals surface area contributed by atoms with Gasteiger partial charge in [0.15, 0.2) is 0 Å². The van der Waals surface area contributed by atoms with Crippen molar-refractivity contribution in [2.24, 2.45) is 0 Å². The first-order valence-electron chi connectivity index (χ1n) is 5.90. The van der Waals surface area contributed by atoms with Crippen LogP contribution in [0.15, 0.2) is 36.4 Å². The zero-order valence-electron chi connectivity index (χ0n) is 10.7. The maximum atomic E-state index is 13.3. The van der Waals surface area contributed by atoms with Crippen LogP contribution in [0.4, 0.5) is 15.8 Å². The number of halogens is 2. The molecule has 0 amide bonds. The maximum absolute atomic E-state index is 13.3. The number of rotatable bonds is 4. The molecule has 2 aromatic carbocycles. The van der Waals surface area contributed by atoms with Gasteiger partial charge in [0.2, 0.25) is 0 Å². The second-order valence-electron chi connectivity index (χ2n) is 4.36. The van der Waals surface area contributed by atoms with E-state index in [1.54, 1.807) is 12.1 Å². The van der Waals surface area contributed by atoms with Crippen molar-refractivity contribution >= 4 is 23.0 Å². The number of hydrogen-bond donors (Lipinski definition) is 1. The Kier molecular flexibility index (Phi) is 4.20. The molecule has 4 nitrogen and oxygen atoms in total. The van der Waals surface area contributed by atoms with Crippen LogP contribution in [0, 0.1) is 22.9 Å². The number of anilines is 1. The number of benzene rings is 2. The van der Waals surface area contributed by atoms with Gasteiger partial charge in [-0.2, -0.15) is 0 Å². The Morgan fingerprint density at radius 2 is 2.05 bits per heavy atom. The van der Waals surface area contributed by atoms with E-state index < -0.39 is 10.7 Å². The summed E-state index contributed by atoms with van der Waals surface area (Å²) in [6.45, 7) is 2.20. The van der Waals surface area contributed by atoms with E-state index in [2.05, 4.69) is 5.32 Å². The molecule has 20 heavy (non-hydrogen) atoms. The maximum Gasteiger partial charge on any atom is 0.271 e. The van der Waals surface area contributed by atoms with Gasteiger partial charge in [0.05, 0.1) is 9.95 Å². The minimum Gasteiger partial charge on any atom is -0.381 e. The van der Waals surface area contributed by atoms with Gasteiger partial charge in [-0.05, 0) is 30.2 Å². The molecule has 6 heteroatoms. The van der Waals surface area contributed by atoms with E-state index in [1.807, 2.05) is 6.92 Å². The van der Waals surface area contributed by atoms with Gasteiger partial charge in [-0.25, -0.2) is 4.39 Å². The fourth-order valence-electron chi connectivity index (χ4n) is 1.76. The molecule has 2 rings (SSSR count). The third-order valence-corrected chi connectivity index (χ3v) is 3.21. The first-order valence-corrected chi connectivity index (χ1v) is 6.28. The van der Waals surface area contributed by atoms with Gasteiger partial charge >= 0.3 is 0 Å². The van der Waals surface area contributed by atoms with Crippen molar-refractivity contribution in [2.45, 2.75) is 13.5 Å². The van der Waals surface area contributed by atoms with Crippen LogP contribution in [-0.4, -0.2) is 4.92 Å². The highest BCUT2D eigenvalue weighted by atomic mass is 35.5. The molecule has 0 aliphatic rings. The van der Waals surface area contributed by atoms with E-state index in [4.69, 9.17) is 11.6 Å². The van der Waals surface area contributed by atoms with Gasteiger partial charge in [-0.3, -0.25) is 10.1 Å². The standard InChI is InChI=1S/C14H12ClFN2O2/c1-9-2-4-11(18(19)20)7-14(9)17-8-10-3-5-12(15)13(16)6-10/h2-7,17H,8H2,1H3. The SMILES string of the molecule is Cc1ccc([N+](=O)[O-])cc1NCc1ccc(Cl)c(F)c1. The number of nitro benzene ring substituents is 1. The molecule has 0 atom stereocenters. The van der Waals surface area contributed by atoms with E-state index in [-0.39, 0.29) is 10.7 Å². The summed E-state index contributed by atoms with van der Waals surface area (Å²) in [5.74, 6) is -0.485. The summed E-state index contributed by atoms with van der Waals surface area (Å²) < 4.78 is 13.3. The molecule has 0 spiro atoms. The van der Waals surface area contributed by atoms with E-state index in [9.17, 15) is 14.5 Å². The lowest BCUT2D eigenvalue weighted by Gasteiger charge is -2.09. The number of aryl methyl sites for hydroxylation is 1. The fourth-order valence-corrected chi connectivity index (χ4v) is 1.88. The normalized spacial score (nSPS) is 10.3. The van der Waals surface area contributed by atoms with E-state index in [1.165, 1.54) is 24.3 Å². The largest absolute Gasteiger partial charge is 0.381 e. The molecule has 0 aliphatic heterocycles. The molecule has 0 heterocycles. The predicted molar refractivity (Wildman–Crippen MR) is 76.6 cm³/mol. The summed E-state index contributed by atoms with van der Waals surface area (Å²) in [7, 11) is 0. The molecule has 1 N–H and O–H groups in total. The van der Waals surface area contributed by atoms with Crippen LogP contribution in [0.25, 0.3) is 0 Å². The number of hydrogen-bond acceptors (Lipinski definition) is 3. The highest BCUT2D eigenvalue weighted by molar-refractivity contribution is 6.30. The van der Waals surface area contributed by atoms with Crippen LogP contribution < -0.4 is 5.32 Å². The van der Waals surface area contributed by atoms with Crippen molar-refractivity contribution in [3.05, 3.63) is 68.5 Å². The van der Waals surface area contributed by atoms with Gasteiger partial charge in [0, 0.05) is 24.4 Å². The Balaban J connectivity index is 2.15. The minimum absolute atomic E-state index is 0.0142. The predicted octanol–water partition coefficient (Wildman–Crippen LogP) is 4.31. The van der Waals surface area contributed by atoms with Crippen LogP contribution in [0.5, 0.6) is 0 Å². The van der Waals surface area contributed by atoms with Gasteiger partial charge in [-0.1, -0.05) is 23.7 Å². The Labute approximate surface area is 120 Å². The molecule has 0 saturated carbocycles. The first-order chi connectivity index (χ1) is 9.47. The lowest BCUT2D eigenvalue weighted by Crippen LogP contribution is -2.02. The monoisotopic (exact) mass is 294 g/mol. The molecule has 0 aliphatic carbocycles. The second kappa shape index (κ2) is 5.88. The van der Waals surface area contributed by atoms with E-state index in [0.717, 1.165) is 5.56 Å². The molecular weight excluding hydrogens is 283 g/mol. The summed E-state index contributed by atoms with van der Waals surface area (Å²) in [5, 5.41) is 13.9. The van der Waals surface area contributed by atoms with Crippen molar-refractivity contribution in [1.82, 2.24) is 0 Å². The smallest absolute Gasteiger partial charge is 0.271 e. The van der Waals surface area contributed by atoms with Crippen LogP contribution >= 0.6 is 11.6 Å². The van der Waals surface area contributed by atoms with Crippen molar-refractivity contribution in [3.8, 4) is 0 Å². The summed E-state index contributed by atoms with van der Waals surface area (Å²) in [5.41, 5.74) is 2.25. The van der Waals surface area contributed by atoms with Crippen molar-refractivity contribution in [2.75, 3.05) is 5.32 Å². The first kappa shape index (κ1) is 14.3. The Bertz CT molecular complexity index is 662. The summed E-state index contributed by atoms with van der Waals surface area (Å²) in [6.07, 6.45) is 0. The number of nitrogens with zero attached hydrogens (tertiary/aromatic N) is 1. The van der Waals surface area contributed by atoms with Gasteiger partial charge in [-0.15, -0.1) is 0 Å². The molecule has 0 fully saturated rings. The zero-order chi connectivity index (χ0) is 14.7. The van der Waals surface area contributed by atoms with Crippen LogP contribution in [-0.2, 0) is 6.54 Å². The molecule has 0 bridgehead atoms. The van der Waals surface area contributed by atoms with E-state index in [0.29, 0.717) is 17.8 Å². The minimum atomic E-state index is -0.485. The van der Waals surface area contributed by atoms with E-state index >= 15 is 0 Å². The highest BCUT2D eigenvalue weighted by Crippen LogP contribution is 2.23. The van der Waals surface area contributed by atoms with Crippen molar-refractivity contribution in [1.29, 1.82) is 0 Å². The molecule has 2 aromatic rings. The lowest BCUT2D eigenvalue weighted by molar-refractivity contribution is -0.384. The zero-order valence-corrected chi connectivity index (χ0v) is 11.4. The summed E-state index contributed by atoms with van der Waals surface area (Å²) in [6, 6.07) is 9.09. The quantitative estimate of drug-likeness (QED) is 0.675. The number of nitro groups is 1. The Morgan fingerprint density at radius 3 is 2.70 bits per heavy atom. The highest BCUT2D eigenvalue weighted by Gasteiger charge is 2.08. The average molecular weight is 295 g/mol. The lowest BCUT2D eigenvalue weighted by atomic mass is 10.1. The summed E-state index contributed by atoms with van der Waals surface area (Å²) in [4.78, 5) is 10.3. The molecule has 0 radical (unpaired) electrons. The Hall–Kier alpha value is -2.14. The van der Waals surface area contributed by atoms with Crippen molar-refractivity contribution < 1.29 is 9.31 Å². The second-order valence-corrected chi connectivity index (χ2v) is 4.77. The molecule has 0 unspecified atom stereocenters.